The molecule has 0 aliphatic carbocycles. The summed E-state index contributed by atoms with van der Waals surface area (Å²) in [5, 5.41) is 0. The molecule has 0 aromatic rings. The van der Waals surface area contributed by atoms with Crippen molar-refractivity contribution in [3.8, 4) is 0 Å². The first-order valence-electron chi connectivity index (χ1n) is 25.8. The Morgan fingerprint density at radius 2 is 0.655 bits per heavy atom. The van der Waals surface area contributed by atoms with Gasteiger partial charge in [0, 0.05) is 19.3 Å². The first kappa shape index (κ1) is 56.4. The third-order valence-electron chi connectivity index (χ3n) is 12.1. The lowest BCUT2D eigenvalue weighted by atomic mass is 10.00. The van der Waals surface area contributed by atoms with Gasteiger partial charge in [-0.05, 0) is 31.1 Å². The van der Waals surface area contributed by atoms with E-state index in [0.29, 0.717) is 19.3 Å². The average Bonchev–Trinajstić information content (AvgIpc) is 3.21. The van der Waals surface area contributed by atoms with Gasteiger partial charge in [0.05, 0.1) is 0 Å². The molecule has 58 heavy (non-hydrogen) atoms. The van der Waals surface area contributed by atoms with Gasteiger partial charge in [-0.25, -0.2) is 0 Å². The van der Waals surface area contributed by atoms with Crippen molar-refractivity contribution in [3.05, 3.63) is 0 Å². The van der Waals surface area contributed by atoms with Crippen molar-refractivity contribution in [2.75, 3.05) is 13.2 Å². The van der Waals surface area contributed by atoms with Crippen molar-refractivity contribution < 1.29 is 28.6 Å². The minimum atomic E-state index is -0.762. The Balaban J connectivity index is 4.28. The summed E-state index contributed by atoms with van der Waals surface area (Å²) in [6.45, 7) is 11.3. The van der Waals surface area contributed by atoms with Gasteiger partial charge >= 0.3 is 17.9 Å². The van der Waals surface area contributed by atoms with Gasteiger partial charge in [0.2, 0.25) is 0 Å². The van der Waals surface area contributed by atoms with Crippen LogP contribution in [0.1, 0.15) is 285 Å². The molecule has 0 saturated heterocycles. The van der Waals surface area contributed by atoms with E-state index in [2.05, 4.69) is 34.6 Å². The lowest BCUT2D eigenvalue weighted by Gasteiger charge is -2.18. The summed E-state index contributed by atoms with van der Waals surface area (Å²) in [5.74, 6) is 0.784. The van der Waals surface area contributed by atoms with E-state index in [9.17, 15) is 14.4 Å². The average molecular weight is 821 g/mol. The Hall–Kier alpha value is -1.59. The van der Waals surface area contributed by atoms with E-state index in [-0.39, 0.29) is 31.1 Å². The van der Waals surface area contributed by atoms with E-state index in [0.717, 1.165) is 69.6 Å². The molecule has 6 heteroatoms. The molecule has 0 rings (SSSR count). The van der Waals surface area contributed by atoms with E-state index in [1.807, 2.05) is 0 Å². The molecule has 0 amide bonds. The highest BCUT2D eigenvalue weighted by Gasteiger charge is 2.19. The number of ether oxygens (including phenoxy) is 3. The molecule has 0 N–H and O–H groups in total. The van der Waals surface area contributed by atoms with Crippen molar-refractivity contribution in [2.24, 2.45) is 11.8 Å². The lowest BCUT2D eigenvalue weighted by molar-refractivity contribution is -0.167. The number of unbranched alkanes of at least 4 members (excludes halogenated alkanes) is 30. The molecule has 1 unspecified atom stereocenters. The molecule has 0 aromatic carbocycles. The summed E-state index contributed by atoms with van der Waals surface area (Å²) in [6.07, 6.45) is 45.2. The van der Waals surface area contributed by atoms with Gasteiger partial charge in [0.25, 0.3) is 0 Å². The fourth-order valence-electron chi connectivity index (χ4n) is 7.78. The number of carbonyl (C=O) groups excluding carboxylic acids is 3. The SMILES string of the molecule is CCCCCCCCCCCCCCCCCCC(=O)OC[C@@H](COC(=O)CCCCCCCCCCCCCC(C)C)OC(=O)CCCCCCCCC(C)CC. The predicted octanol–water partition coefficient (Wildman–Crippen LogP) is 16.5. The third kappa shape index (κ3) is 44.0. The molecule has 0 aliphatic heterocycles. The minimum Gasteiger partial charge on any atom is -0.462 e. The van der Waals surface area contributed by atoms with Crippen LogP contribution < -0.4 is 0 Å². The molecule has 6 nitrogen and oxygen atoms in total. The summed E-state index contributed by atoms with van der Waals surface area (Å²) in [4.78, 5) is 37.9. The van der Waals surface area contributed by atoms with Gasteiger partial charge in [-0.1, -0.05) is 247 Å². The van der Waals surface area contributed by atoms with Crippen molar-refractivity contribution in [3.63, 3.8) is 0 Å². The largest absolute Gasteiger partial charge is 0.462 e. The van der Waals surface area contributed by atoms with Crippen LogP contribution in [0.25, 0.3) is 0 Å². The number of carbonyl (C=O) groups is 3. The van der Waals surface area contributed by atoms with Gasteiger partial charge in [-0.15, -0.1) is 0 Å². The van der Waals surface area contributed by atoms with Crippen LogP contribution in [-0.2, 0) is 28.6 Å². The summed E-state index contributed by atoms with van der Waals surface area (Å²) in [5.41, 5.74) is 0. The van der Waals surface area contributed by atoms with Crippen molar-refractivity contribution >= 4 is 17.9 Å². The molecule has 0 fully saturated rings. The summed E-state index contributed by atoms with van der Waals surface area (Å²) < 4.78 is 16.8. The molecular weight excluding hydrogens is 721 g/mol. The molecular formula is C52H100O6. The van der Waals surface area contributed by atoms with E-state index in [1.54, 1.807) is 0 Å². The first-order valence-corrected chi connectivity index (χ1v) is 25.8. The molecule has 2 atom stereocenters. The molecule has 0 bridgehead atoms. The maximum Gasteiger partial charge on any atom is 0.306 e. The van der Waals surface area contributed by atoms with Gasteiger partial charge in [-0.3, -0.25) is 14.4 Å². The third-order valence-corrected chi connectivity index (χ3v) is 12.1. The Bertz CT molecular complexity index is 887. The normalized spacial score (nSPS) is 12.5. The Morgan fingerprint density at radius 3 is 0.983 bits per heavy atom. The minimum absolute atomic E-state index is 0.0646. The van der Waals surface area contributed by atoms with Gasteiger partial charge in [0.1, 0.15) is 13.2 Å². The number of esters is 3. The molecule has 0 saturated carbocycles. The van der Waals surface area contributed by atoms with E-state index >= 15 is 0 Å². The second kappa shape index (κ2) is 44.9. The molecule has 344 valence electrons. The highest BCUT2D eigenvalue weighted by Crippen LogP contribution is 2.18. The van der Waals surface area contributed by atoms with Gasteiger partial charge < -0.3 is 14.2 Å². The predicted molar refractivity (Wildman–Crippen MR) is 247 cm³/mol. The standard InChI is InChI=1S/C52H100O6/c1-6-8-9-10-11-12-13-14-15-16-17-20-23-26-32-37-42-50(53)56-45-49(58-52(55)44-39-34-29-28-31-36-41-48(5)7-2)46-57-51(54)43-38-33-27-24-21-18-19-22-25-30-35-40-47(3)4/h47-49H,6-46H2,1-5H3/t48?,49-/m0/s1. The maximum atomic E-state index is 12.7. The van der Waals surface area contributed by atoms with Gasteiger partial charge in [-0.2, -0.15) is 0 Å². The number of rotatable bonds is 46. The van der Waals surface area contributed by atoms with Crippen LogP contribution in [0.4, 0.5) is 0 Å². The van der Waals surface area contributed by atoms with Crippen molar-refractivity contribution in [2.45, 2.75) is 291 Å². The van der Waals surface area contributed by atoms with Crippen LogP contribution in [0.15, 0.2) is 0 Å². The van der Waals surface area contributed by atoms with E-state index in [4.69, 9.17) is 14.2 Å². The van der Waals surface area contributed by atoms with Crippen LogP contribution in [0.3, 0.4) is 0 Å². The fraction of sp³-hybridized carbons (Fsp3) is 0.942. The van der Waals surface area contributed by atoms with Gasteiger partial charge in [0.15, 0.2) is 6.10 Å². The quantitative estimate of drug-likeness (QED) is 0.0346. The molecule has 0 heterocycles. The Kier molecular flexibility index (Phi) is 43.7. The van der Waals surface area contributed by atoms with Crippen LogP contribution in [0, 0.1) is 11.8 Å². The molecule has 0 radical (unpaired) electrons. The van der Waals surface area contributed by atoms with Crippen LogP contribution in [0.2, 0.25) is 0 Å². The van der Waals surface area contributed by atoms with E-state index < -0.39 is 6.10 Å². The topological polar surface area (TPSA) is 78.9 Å². The molecule has 0 aliphatic rings. The lowest BCUT2D eigenvalue weighted by Crippen LogP contribution is -2.30. The fourth-order valence-corrected chi connectivity index (χ4v) is 7.78. The number of hydrogen-bond donors (Lipinski definition) is 0. The summed E-state index contributed by atoms with van der Waals surface area (Å²) >= 11 is 0. The first-order chi connectivity index (χ1) is 28.3. The zero-order valence-corrected chi connectivity index (χ0v) is 39.7. The monoisotopic (exact) mass is 821 g/mol. The van der Waals surface area contributed by atoms with Crippen LogP contribution in [0.5, 0.6) is 0 Å². The smallest absolute Gasteiger partial charge is 0.306 e. The highest BCUT2D eigenvalue weighted by molar-refractivity contribution is 5.71. The zero-order chi connectivity index (χ0) is 42.6. The highest BCUT2D eigenvalue weighted by atomic mass is 16.6. The second-order valence-electron chi connectivity index (χ2n) is 18.5. The van der Waals surface area contributed by atoms with Crippen LogP contribution >= 0.6 is 0 Å². The summed E-state index contributed by atoms with van der Waals surface area (Å²) in [7, 11) is 0. The second-order valence-corrected chi connectivity index (χ2v) is 18.5. The molecule has 0 aromatic heterocycles. The molecule has 0 spiro atoms. The number of hydrogen-bond acceptors (Lipinski definition) is 6. The van der Waals surface area contributed by atoms with Crippen LogP contribution in [-0.4, -0.2) is 37.2 Å². The zero-order valence-electron chi connectivity index (χ0n) is 39.7. The van der Waals surface area contributed by atoms with Crippen molar-refractivity contribution in [1.82, 2.24) is 0 Å². The summed E-state index contributed by atoms with van der Waals surface area (Å²) in [6, 6.07) is 0. The Morgan fingerprint density at radius 1 is 0.362 bits per heavy atom. The maximum absolute atomic E-state index is 12.7. The van der Waals surface area contributed by atoms with Crippen molar-refractivity contribution in [1.29, 1.82) is 0 Å². The van der Waals surface area contributed by atoms with E-state index in [1.165, 1.54) is 173 Å². The Labute approximate surface area is 361 Å².